The van der Waals surface area contributed by atoms with E-state index in [0.29, 0.717) is 12.0 Å². The van der Waals surface area contributed by atoms with Gasteiger partial charge in [-0.05, 0) is 25.4 Å². The maximum atomic E-state index is 11.1. The number of nitrogens with one attached hydrogen (secondary N) is 1. The fourth-order valence-corrected chi connectivity index (χ4v) is 2.70. The lowest BCUT2D eigenvalue weighted by Crippen LogP contribution is -2.50. The summed E-state index contributed by atoms with van der Waals surface area (Å²) in [6, 6.07) is 0.644. The highest BCUT2D eigenvalue weighted by atomic mass is 16.1. The van der Waals surface area contributed by atoms with Crippen molar-refractivity contribution in [2.24, 2.45) is 17.6 Å². The van der Waals surface area contributed by atoms with Gasteiger partial charge in [-0.25, -0.2) is 0 Å². The normalized spacial score (nSPS) is 27.9. The van der Waals surface area contributed by atoms with Crippen LogP contribution in [0.4, 0.5) is 0 Å². The first kappa shape index (κ1) is 14.5. The number of likely N-dealkylation sites (tertiary alicyclic amines) is 1. The van der Waals surface area contributed by atoms with E-state index in [9.17, 15) is 4.79 Å². The van der Waals surface area contributed by atoms with Gasteiger partial charge in [0.1, 0.15) is 0 Å². The third-order valence-electron chi connectivity index (χ3n) is 3.83. The Morgan fingerprint density at radius 1 is 1.53 bits per heavy atom. The van der Waals surface area contributed by atoms with Crippen LogP contribution in [0.25, 0.3) is 0 Å². The van der Waals surface area contributed by atoms with Crippen molar-refractivity contribution in [3.05, 3.63) is 0 Å². The predicted octanol–water partition coefficient (Wildman–Crippen LogP) is 0.818. The van der Waals surface area contributed by atoms with Crippen LogP contribution in [0.5, 0.6) is 0 Å². The average molecular weight is 241 g/mol. The number of carbonyl (C=O) groups is 1. The van der Waals surface area contributed by atoms with Crippen LogP contribution in [0.2, 0.25) is 0 Å². The fraction of sp³-hybridized carbons (Fsp3) is 0.923. The molecule has 0 radical (unpaired) electrons. The van der Waals surface area contributed by atoms with Crippen LogP contribution in [0.3, 0.4) is 0 Å². The van der Waals surface area contributed by atoms with Crippen molar-refractivity contribution in [3.63, 3.8) is 0 Å². The summed E-state index contributed by atoms with van der Waals surface area (Å²) >= 11 is 0. The standard InChI is InChI=1S/C13H27N3O/c1-4-11-9-16(8-10(3)13(14)17)7-6-12(11)15-5-2/h10-12,15H,4-9H2,1-3H3,(H2,14,17). The molecule has 1 aliphatic heterocycles. The number of amides is 1. The largest absolute Gasteiger partial charge is 0.369 e. The molecule has 0 aromatic heterocycles. The molecule has 0 aliphatic carbocycles. The van der Waals surface area contributed by atoms with Gasteiger partial charge in [0, 0.05) is 25.0 Å². The second kappa shape index (κ2) is 6.97. The van der Waals surface area contributed by atoms with Gasteiger partial charge < -0.3 is 16.0 Å². The number of nitrogens with two attached hydrogens (primary N) is 1. The molecule has 1 heterocycles. The minimum absolute atomic E-state index is 0.0387. The minimum atomic E-state index is -0.188. The molecular weight excluding hydrogens is 214 g/mol. The first-order valence-electron chi connectivity index (χ1n) is 6.83. The number of primary amides is 1. The summed E-state index contributed by atoms with van der Waals surface area (Å²) in [6.07, 6.45) is 2.37. The van der Waals surface area contributed by atoms with E-state index < -0.39 is 0 Å². The number of carbonyl (C=O) groups excluding carboxylic acids is 1. The lowest BCUT2D eigenvalue weighted by Gasteiger charge is -2.39. The van der Waals surface area contributed by atoms with Gasteiger partial charge in [0.2, 0.25) is 5.91 Å². The van der Waals surface area contributed by atoms with Crippen molar-refractivity contribution in [1.29, 1.82) is 0 Å². The molecule has 4 nitrogen and oxygen atoms in total. The Morgan fingerprint density at radius 2 is 2.24 bits per heavy atom. The van der Waals surface area contributed by atoms with Gasteiger partial charge in [-0.3, -0.25) is 4.79 Å². The molecular formula is C13H27N3O. The van der Waals surface area contributed by atoms with E-state index in [-0.39, 0.29) is 11.8 Å². The molecule has 0 aromatic rings. The summed E-state index contributed by atoms with van der Waals surface area (Å²) in [5.41, 5.74) is 5.32. The molecule has 1 fully saturated rings. The van der Waals surface area contributed by atoms with Gasteiger partial charge in [-0.15, -0.1) is 0 Å². The van der Waals surface area contributed by atoms with Crippen molar-refractivity contribution in [2.75, 3.05) is 26.2 Å². The van der Waals surface area contributed by atoms with Gasteiger partial charge in [0.05, 0.1) is 0 Å². The molecule has 1 saturated heterocycles. The highest BCUT2D eigenvalue weighted by Gasteiger charge is 2.28. The van der Waals surface area contributed by atoms with Crippen LogP contribution in [0.15, 0.2) is 0 Å². The Balaban J connectivity index is 2.44. The molecule has 0 aromatic carbocycles. The Morgan fingerprint density at radius 3 is 2.76 bits per heavy atom. The van der Waals surface area contributed by atoms with E-state index in [1.165, 1.54) is 12.8 Å². The first-order valence-corrected chi connectivity index (χ1v) is 6.83. The van der Waals surface area contributed by atoms with Gasteiger partial charge in [-0.2, -0.15) is 0 Å². The zero-order valence-electron chi connectivity index (χ0n) is 11.4. The lowest BCUT2D eigenvalue weighted by molar-refractivity contribution is -0.122. The van der Waals surface area contributed by atoms with Gasteiger partial charge in [-0.1, -0.05) is 27.2 Å². The van der Waals surface area contributed by atoms with Gasteiger partial charge >= 0.3 is 0 Å². The van der Waals surface area contributed by atoms with Gasteiger partial charge in [0.15, 0.2) is 0 Å². The van der Waals surface area contributed by atoms with E-state index in [1.807, 2.05) is 6.92 Å². The Kier molecular flexibility index (Phi) is 5.92. The van der Waals surface area contributed by atoms with Crippen LogP contribution in [0, 0.1) is 11.8 Å². The topological polar surface area (TPSA) is 58.4 Å². The smallest absolute Gasteiger partial charge is 0.221 e. The molecule has 3 N–H and O–H groups in total. The predicted molar refractivity (Wildman–Crippen MR) is 70.7 cm³/mol. The SMILES string of the molecule is CCNC1CCN(CC(C)C(N)=O)CC1CC. The van der Waals surface area contributed by atoms with Crippen LogP contribution in [0.1, 0.15) is 33.6 Å². The minimum Gasteiger partial charge on any atom is -0.369 e. The maximum absolute atomic E-state index is 11.1. The van der Waals surface area contributed by atoms with Crippen molar-refractivity contribution in [3.8, 4) is 0 Å². The second-order valence-corrected chi connectivity index (χ2v) is 5.18. The number of hydrogen-bond acceptors (Lipinski definition) is 3. The number of piperidine rings is 1. The summed E-state index contributed by atoms with van der Waals surface area (Å²) in [7, 11) is 0. The molecule has 3 unspecified atom stereocenters. The molecule has 100 valence electrons. The highest BCUT2D eigenvalue weighted by molar-refractivity contribution is 5.76. The Hall–Kier alpha value is -0.610. The Bertz CT molecular complexity index is 245. The zero-order valence-corrected chi connectivity index (χ0v) is 11.4. The molecule has 4 heteroatoms. The van der Waals surface area contributed by atoms with E-state index in [4.69, 9.17) is 5.73 Å². The number of hydrogen-bond donors (Lipinski definition) is 2. The Labute approximate surface area is 105 Å². The molecule has 1 aliphatic rings. The maximum Gasteiger partial charge on any atom is 0.221 e. The second-order valence-electron chi connectivity index (χ2n) is 5.18. The molecule has 0 saturated carbocycles. The molecule has 17 heavy (non-hydrogen) atoms. The van der Waals surface area contributed by atoms with E-state index in [0.717, 1.165) is 26.2 Å². The fourth-order valence-electron chi connectivity index (χ4n) is 2.70. The summed E-state index contributed by atoms with van der Waals surface area (Å²) in [4.78, 5) is 13.5. The average Bonchev–Trinajstić information content (AvgIpc) is 2.31. The van der Waals surface area contributed by atoms with E-state index in [1.54, 1.807) is 0 Å². The van der Waals surface area contributed by atoms with Crippen molar-refractivity contribution in [1.82, 2.24) is 10.2 Å². The molecule has 0 bridgehead atoms. The number of rotatable bonds is 6. The molecule has 1 rings (SSSR count). The van der Waals surface area contributed by atoms with Crippen molar-refractivity contribution >= 4 is 5.91 Å². The monoisotopic (exact) mass is 241 g/mol. The first-order chi connectivity index (χ1) is 8.08. The van der Waals surface area contributed by atoms with Crippen molar-refractivity contribution < 1.29 is 4.79 Å². The van der Waals surface area contributed by atoms with Crippen LogP contribution in [-0.2, 0) is 4.79 Å². The third kappa shape index (κ3) is 4.28. The van der Waals surface area contributed by atoms with E-state index >= 15 is 0 Å². The number of nitrogens with zero attached hydrogens (tertiary/aromatic N) is 1. The summed E-state index contributed by atoms with van der Waals surface area (Å²) in [5.74, 6) is 0.471. The quantitative estimate of drug-likeness (QED) is 0.724. The van der Waals surface area contributed by atoms with Crippen LogP contribution in [-0.4, -0.2) is 43.0 Å². The van der Waals surface area contributed by atoms with Crippen molar-refractivity contribution in [2.45, 2.75) is 39.7 Å². The third-order valence-corrected chi connectivity index (χ3v) is 3.83. The summed E-state index contributed by atoms with van der Waals surface area (Å²) < 4.78 is 0. The summed E-state index contributed by atoms with van der Waals surface area (Å²) in [6.45, 7) is 10.3. The molecule has 1 amide bonds. The van der Waals surface area contributed by atoms with Crippen LogP contribution < -0.4 is 11.1 Å². The van der Waals surface area contributed by atoms with Crippen LogP contribution >= 0.6 is 0 Å². The molecule has 3 atom stereocenters. The van der Waals surface area contributed by atoms with E-state index in [2.05, 4.69) is 24.1 Å². The molecule has 0 spiro atoms. The van der Waals surface area contributed by atoms with Gasteiger partial charge in [0.25, 0.3) is 0 Å². The summed E-state index contributed by atoms with van der Waals surface area (Å²) in [5, 5.41) is 3.56. The zero-order chi connectivity index (χ0) is 12.8. The lowest BCUT2D eigenvalue weighted by atomic mass is 9.89. The highest BCUT2D eigenvalue weighted by Crippen LogP contribution is 2.20.